The number of likely N-dealkylation sites (tertiary alicyclic amines) is 1. The van der Waals surface area contributed by atoms with Gasteiger partial charge in [-0.1, -0.05) is 0 Å². The molecule has 2 aromatic rings. The second-order valence-electron chi connectivity index (χ2n) is 6.64. The maximum atomic E-state index is 12.5. The number of hydrogen-bond donors (Lipinski definition) is 0. The molecule has 2 aliphatic heterocycles. The number of amides is 1. The lowest BCUT2D eigenvalue weighted by Crippen LogP contribution is -2.31. The van der Waals surface area contributed by atoms with Crippen LogP contribution in [0.3, 0.4) is 0 Å². The molecule has 0 aromatic carbocycles. The first-order chi connectivity index (χ1) is 12.2. The molecule has 4 heterocycles. The molecule has 25 heavy (non-hydrogen) atoms. The number of hydrogen-bond acceptors (Lipinski definition) is 6. The second kappa shape index (κ2) is 7.09. The average molecular weight is 359 g/mol. The minimum absolute atomic E-state index is 0.113. The van der Waals surface area contributed by atoms with E-state index in [4.69, 9.17) is 9.47 Å². The van der Waals surface area contributed by atoms with E-state index in [2.05, 4.69) is 9.97 Å². The van der Waals surface area contributed by atoms with Crippen LogP contribution in [-0.2, 0) is 4.74 Å². The van der Waals surface area contributed by atoms with Crippen molar-refractivity contribution >= 4 is 17.2 Å². The van der Waals surface area contributed by atoms with Crippen molar-refractivity contribution in [2.24, 2.45) is 11.8 Å². The largest absolute Gasteiger partial charge is 0.463 e. The van der Waals surface area contributed by atoms with Gasteiger partial charge in [-0.15, -0.1) is 0 Å². The zero-order valence-electron chi connectivity index (χ0n) is 14.1. The van der Waals surface area contributed by atoms with Crippen LogP contribution in [0.1, 0.15) is 22.5 Å². The fourth-order valence-electron chi connectivity index (χ4n) is 3.63. The van der Waals surface area contributed by atoms with E-state index in [1.54, 1.807) is 17.5 Å². The topological polar surface area (TPSA) is 64.6 Å². The zero-order valence-corrected chi connectivity index (χ0v) is 14.9. The fourth-order valence-corrected chi connectivity index (χ4v) is 4.26. The minimum atomic E-state index is 0.113. The van der Waals surface area contributed by atoms with Gasteiger partial charge in [0.15, 0.2) is 0 Å². The minimum Gasteiger partial charge on any atom is -0.463 e. The van der Waals surface area contributed by atoms with E-state index in [1.165, 1.54) is 0 Å². The molecule has 3 atom stereocenters. The lowest BCUT2D eigenvalue weighted by molar-refractivity contribution is 0.0672. The molecule has 0 N–H and O–H groups in total. The Morgan fingerprint density at radius 1 is 1.44 bits per heavy atom. The van der Waals surface area contributed by atoms with Crippen LogP contribution >= 0.6 is 11.3 Å². The molecule has 0 saturated carbocycles. The van der Waals surface area contributed by atoms with Crippen LogP contribution in [0.2, 0.25) is 0 Å². The van der Waals surface area contributed by atoms with Gasteiger partial charge < -0.3 is 14.4 Å². The van der Waals surface area contributed by atoms with Crippen molar-refractivity contribution in [1.82, 2.24) is 14.9 Å². The molecule has 0 aliphatic carbocycles. The number of ether oxygens (including phenoxy) is 2. The number of thiophene rings is 1. The predicted molar refractivity (Wildman–Crippen MR) is 93.8 cm³/mol. The molecule has 0 unspecified atom stereocenters. The Labute approximate surface area is 150 Å². The van der Waals surface area contributed by atoms with Crippen LogP contribution in [0.15, 0.2) is 29.1 Å². The van der Waals surface area contributed by atoms with E-state index in [0.717, 1.165) is 30.8 Å². The predicted octanol–water partition coefficient (Wildman–Crippen LogP) is 2.40. The molecule has 0 spiro atoms. The summed E-state index contributed by atoms with van der Waals surface area (Å²) in [7, 11) is 0. The van der Waals surface area contributed by atoms with Gasteiger partial charge in [0.05, 0.1) is 24.9 Å². The van der Waals surface area contributed by atoms with Crippen molar-refractivity contribution in [3.05, 3.63) is 40.3 Å². The second-order valence-corrected chi connectivity index (χ2v) is 7.42. The van der Waals surface area contributed by atoms with Gasteiger partial charge in [-0.2, -0.15) is 11.3 Å². The molecule has 6 nitrogen and oxygen atoms in total. The van der Waals surface area contributed by atoms with Crippen molar-refractivity contribution in [2.75, 3.05) is 26.3 Å². The quantitative estimate of drug-likeness (QED) is 0.820. The highest BCUT2D eigenvalue weighted by Crippen LogP contribution is 2.36. The average Bonchev–Trinajstić information content (AvgIpc) is 3.32. The third-order valence-corrected chi connectivity index (χ3v) is 5.67. The van der Waals surface area contributed by atoms with Gasteiger partial charge >= 0.3 is 6.01 Å². The highest BCUT2D eigenvalue weighted by molar-refractivity contribution is 7.08. The summed E-state index contributed by atoms with van der Waals surface area (Å²) in [6, 6.07) is 4.16. The molecule has 1 amide bonds. The van der Waals surface area contributed by atoms with E-state index in [9.17, 15) is 4.79 Å². The van der Waals surface area contributed by atoms with Crippen molar-refractivity contribution in [1.29, 1.82) is 0 Å². The Hall–Kier alpha value is -1.99. The highest BCUT2D eigenvalue weighted by atomic mass is 32.1. The standard InChI is InChI=1S/C18H21N3O3S/c1-12-2-5-19-18(20-12)23-6-3-13-10-24-16-9-21(8-15(13)16)17(22)14-4-7-25-11-14/h2,4-5,7,11,13,15-16H,3,6,8-10H2,1H3/t13-,15-,16-/m0/s1. The number of carbonyl (C=O) groups excluding carboxylic acids is 1. The van der Waals surface area contributed by atoms with Gasteiger partial charge in [0.2, 0.25) is 0 Å². The van der Waals surface area contributed by atoms with Gasteiger partial charge in [0, 0.05) is 36.3 Å². The monoisotopic (exact) mass is 359 g/mol. The summed E-state index contributed by atoms with van der Waals surface area (Å²) >= 11 is 1.55. The van der Waals surface area contributed by atoms with Crippen LogP contribution in [-0.4, -0.2) is 53.2 Å². The maximum Gasteiger partial charge on any atom is 0.316 e. The van der Waals surface area contributed by atoms with Crippen molar-refractivity contribution < 1.29 is 14.3 Å². The third kappa shape index (κ3) is 3.52. The Balaban J connectivity index is 1.30. The summed E-state index contributed by atoms with van der Waals surface area (Å²) in [5, 5.41) is 3.85. The third-order valence-electron chi connectivity index (χ3n) is 4.99. The normalized spacial score (nSPS) is 25.2. The Morgan fingerprint density at radius 2 is 2.36 bits per heavy atom. The van der Waals surface area contributed by atoms with E-state index in [0.29, 0.717) is 31.0 Å². The smallest absolute Gasteiger partial charge is 0.316 e. The Morgan fingerprint density at radius 3 is 3.16 bits per heavy atom. The summed E-state index contributed by atoms with van der Waals surface area (Å²) in [5.41, 5.74) is 1.68. The first-order valence-corrected chi connectivity index (χ1v) is 9.50. The van der Waals surface area contributed by atoms with Gasteiger partial charge in [-0.05, 0) is 36.8 Å². The highest BCUT2D eigenvalue weighted by Gasteiger charge is 2.45. The van der Waals surface area contributed by atoms with E-state index < -0.39 is 0 Å². The van der Waals surface area contributed by atoms with E-state index >= 15 is 0 Å². The summed E-state index contributed by atoms with van der Waals surface area (Å²) in [6.07, 6.45) is 2.75. The Kier molecular flexibility index (Phi) is 4.67. The SMILES string of the molecule is Cc1ccnc(OCC[C@H]2CO[C@H]3CN(C(=O)c4ccsc4)C[C@@H]23)n1. The van der Waals surface area contributed by atoms with Crippen LogP contribution in [0, 0.1) is 18.8 Å². The number of carbonyl (C=O) groups is 1. The number of rotatable bonds is 5. The van der Waals surface area contributed by atoms with Crippen molar-refractivity contribution in [3.63, 3.8) is 0 Å². The number of nitrogens with zero attached hydrogens (tertiary/aromatic N) is 3. The molecule has 0 bridgehead atoms. The molecule has 4 rings (SSSR count). The lowest BCUT2D eigenvalue weighted by atomic mass is 9.91. The molecular formula is C18H21N3O3S. The fraction of sp³-hybridized carbons (Fsp3) is 0.500. The van der Waals surface area contributed by atoms with Crippen LogP contribution < -0.4 is 4.74 Å². The number of aryl methyl sites for hydroxylation is 1. The van der Waals surface area contributed by atoms with E-state index in [1.807, 2.05) is 34.7 Å². The van der Waals surface area contributed by atoms with Gasteiger partial charge in [0.25, 0.3) is 5.91 Å². The van der Waals surface area contributed by atoms with Gasteiger partial charge in [-0.3, -0.25) is 4.79 Å². The molecular weight excluding hydrogens is 338 g/mol. The van der Waals surface area contributed by atoms with Crippen LogP contribution in [0.25, 0.3) is 0 Å². The first kappa shape index (κ1) is 16.5. The molecule has 2 fully saturated rings. The number of fused-ring (bicyclic) bond motifs is 1. The maximum absolute atomic E-state index is 12.5. The molecule has 7 heteroatoms. The molecule has 2 aliphatic rings. The zero-order chi connectivity index (χ0) is 17.2. The van der Waals surface area contributed by atoms with Gasteiger partial charge in [0.1, 0.15) is 0 Å². The summed E-state index contributed by atoms with van der Waals surface area (Å²) in [4.78, 5) is 22.8. The first-order valence-electron chi connectivity index (χ1n) is 8.56. The Bertz CT molecular complexity index is 737. The molecule has 2 saturated heterocycles. The van der Waals surface area contributed by atoms with Crippen molar-refractivity contribution in [3.8, 4) is 6.01 Å². The molecule has 0 radical (unpaired) electrons. The van der Waals surface area contributed by atoms with Gasteiger partial charge in [-0.25, -0.2) is 9.97 Å². The van der Waals surface area contributed by atoms with Crippen molar-refractivity contribution in [2.45, 2.75) is 19.4 Å². The molecule has 2 aromatic heterocycles. The summed E-state index contributed by atoms with van der Waals surface area (Å²) in [5.74, 6) is 0.919. The van der Waals surface area contributed by atoms with Crippen LogP contribution in [0.5, 0.6) is 6.01 Å². The summed E-state index contributed by atoms with van der Waals surface area (Å²) in [6.45, 7) is 4.69. The number of aromatic nitrogens is 2. The van der Waals surface area contributed by atoms with Crippen LogP contribution in [0.4, 0.5) is 0 Å². The lowest BCUT2D eigenvalue weighted by Gasteiger charge is -2.19. The summed E-state index contributed by atoms with van der Waals surface area (Å²) < 4.78 is 11.6. The van der Waals surface area contributed by atoms with E-state index in [-0.39, 0.29) is 12.0 Å². The molecule has 132 valence electrons.